The van der Waals surface area contributed by atoms with Gasteiger partial charge in [0.05, 0.1) is 10.7 Å². The molecule has 0 N–H and O–H groups in total. The van der Waals surface area contributed by atoms with Crippen molar-refractivity contribution in [2.24, 2.45) is 0 Å². The van der Waals surface area contributed by atoms with Gasteiger partial charge in [0.1, 0.15) is 4.88 Å². The maximum atomic E-state index is 13.1. The molecule has 1 aliphatic rings. The first-order chi connectivity index (χ1) is 13.2. The highest BCUT2D eigenvalue weighted by Gasteiger charge is 2.26. The van der Waals surface area contributed by atoms with E-state index in [1.807, 2.05) is 66.7 Å². The zero-order valence-corrected chi connectivity index (χ0v) is 16.2. The number of rotatable bonds is 4. The lowest BCUT2D eigenvalue weighted by molar-refractivity contribution is 0.0633. The number of carbonyl (C=O) groups excluding carboxylic acids is 1. The molecule has 27 heavy (non-hydrogen) atoms. The number of piperazine rings is 1. The first-order valence-corrected chi connectivity index (χ1v) is 9.96. The Kier molecular flexibility index (Phi) is 5.27. The van der Waals surface area contributed by atoms with Gasteiger partial charge in [-0.1, -0.05) is 30.3 Å². The number of aromatic nitrogens is 2. The molecule has 0 bridgehead atoms. The van der Waals surface area contributed by atoms with E-state index in [9.17, 15) is 4.79 Å². The number of benzene rings is 1. The van der Waals surface area contributed by atoms with Crippen molar-refractivity contribution in [3.63, 3.8) is 0 Å². The fourth-order valence-electron chi connectivity index (χ4n) is 3.36. The highest BCUT2D eigenvalue weighted by atomic mass is 32.1. The Bertz CT molecular complexity index is 902. The molecule has 1 aliphatic heterocycles. The molecule has 5 nitrogen and oxygen atoms in total. The normalized spacial score (nSPS) is 15.1. The summed E-state index contributed by atoms with van der Waals surface area (Å²) in [5, 5.41) is 0.925. The summed E-state index contributed by atoms with van der Waals surface area (Å²) in [5.41, 5.74) is 3.07. The minimum Gasteiger partial charge on any atom is -0.335 e. The highest BCUT2D eigenvalue weighted by molar-refractivity contribution is 7.14. The largest absolute Gasteiger partial charge is 0.335 e. The van der Waals surface area contributed by atoms with E-state index in [0.29, 0.717) is 0 Å². The Hall–Kier alpha value is -2.57. The van der Waals surface area contributed by atoms with E-state index in [-0.39, 0.29) is 5.91 Å². The minimum absolute atomic E-state index is 0.100. The molecule has 3 heterocycles. The quantitative estimate of drug-likeness (QED) is 0.697. The summed E-state index contributed by atoms with van der Waals surface area (Å²) >= 11 is 1.49. The molecule has 0 spiro atoms. The molecule has 0 aliphatic carbocycles. The zero-order chi connectivity index (χ0) is 18.6. The zero-order valence-electron chi connectivity index (χ0n) is 15.3. The molecule has 0 saturated carbocycles. The van der Waals surface area contributed by atoms with Gasteiger partial charge in [0.2, 0.25) is 0 Å². The van der Waals surface area contributed by atoms with Crippen molar-refractivity contribution in [1.29, 1.82) is 0 Å². The van der Waals surface area contributed by atoms with Crippen LogP contribution < -0.4 is 0 Å². The van der Waals surface area contributed by atoms with Crippen molar-refractivity contribution in [1.82, 2.24) is 19.8 Å². The lowest BCUT2D eigenvalue weighted by Crippen LogP contribution is -2.48. The SMILES string of the molecule is Cc1nc(-c2ccccc2)c(C(=O)N2CCN(Cc3ccncc3)CC2)s1. The van der Waals surface area contributed by atoms with Crippen LogP contribution in [-0.4, -0.2) is 51.9 Å². The standard InChI is InChI=1S/C21H22N4OS/c1-16-23-19(18-5-3-2-4-6-18)20(27-16)21(26)25-13-11-24(12-14-25)15-17-7-9-22-10-8-17/h2-10H,11-15H2,1H3. The van der Waals surface area contributed by atoms with Gasteiger partial charge in [-0.2, -0.15) is 0 Å². The number of thiazole rings is 1. The second kappa shape index (κ2) is 7.98. The number of hydrogen-bond acceptors (Lipinski definition) is 5. The van der Waals surface area contributed by atoms with Crippen LogP contribution >= 0.6 is 11.3 Å². The van der Waals surface area contributed by atoms with E-state index in [4.69, 9.17) is 0 Å². The predicted molar refractivity (Wildman–Crippen MR) is 108 cm³/mol. The third kappa shape index (κ3) is 4.07. The molecular weight excluding hydrogens is 356 g/mol. The smallest absolute Gasteiger partial charge is 0.266 e. The second-order valence-corrected chi connectivity index (χ2v) is 7.90. The Morgan fingerprint density at radius 1 is 1.04 bits per heavy atom. The van der Waals surface area contributed by atoms with Crippen LogP contribution in [0.3, 0.4) is 0 Å². The van der Waals surface area contributed by atoms with Gasteiger partial charge in [-0.3, -0.25) is 14.7 Å². The summed E-state index contributed by atoms with van der Waals surface area (Å²) in [4.78, 5) is 26.9. The number of carbonyl (C=O) groups is 1. The van der Waals surface area contributed by atoms with E-state index in [1.165, 1.54) is 16.9 Å². The predicted octanol–water partition coefficient (Wildman–Crippen LogP) is 3.47. The number of hydrogen-bond donors (Lipinski definition) is 0. The Morgan fingerprint density at radius 3 is 2.44 bits per heavy atom. The summed E-state index contributed by atoms with van der Waals surface area (Å²) in [6.45, 7) is 6.11. The average Bonchev–Trinajstić information content (AvgIpc) is 3.11. The van der Waals surface area contributed by atoms with Crippen molar-refractivity contribution < 1.29 is 4.79 Å². The third-order valence-electron chi connectivity index (χ3n) is 4.79. The summed E-state index contributed by atoms with van der Waals surface area (Å²) in [6, 6.07) is 14.1. The molecule has 1 fully saturated rings. The van der Waals surface area contributed by atoms with Crippen molar-refractivity contribution >= 4 is 17.2 Å². The number of pyridine rings is 1. The van der Waals surface area contributed by atoms with Gasteiger partial charge in [0, 0.05) is 50.7 Å². The Morgan fingerprint density at radius 2 is 1.74 bits per heavy atom. The van der Waals surface area contributed by atoms with Crippen LogP contribution in [0.5, 0.6) is 0 Å². The molecule has 1 saturated heterocycles. The summed E-state index contributed by atoms with van der Waals surface area (Å²) in [5.74, 6) is 0.100. The van der Waals surface area contributed by atoms with Crippen LogP contribution in [0, 0.1) is 6.92 Å². The van der Waals surface area contributed by atoms with Crippen LogP contribution in [0.1, 0.15) is 20.2 Å². The molecule has 0 unspecified atom stereocenters. The van der Waals surface area contributed by atoms with E-state index in [2.05, 4.69) is 14.9 Å². The van der Waals surface area contributed by atoms with Crippen molar-refractivity contribution in [3.8, 4) is 11.3 Å². The van der Waals surface area contributed by atoms with Crippen LogP contribution in [0.15, 0.2) is 54.9 Å². The fraction of sp³-hybridized carbons (Fsp3) is 0.286. The molecule has 0 atom stereocenters. The molecule has 2 aromatic heterocycles. The van der Waals surface area contributed by atoms with Crippen molar-refractivity contribution in [2.45, 2.75) is 13.5 Å². The molecule has 138 valence electrons. The summed E-state index contributed by atoms with van der Waals surface area (Å²) in [6.07, 6.45) is 3.65. The van der Waals surface area contributed by atoms with Gasteiger partial charge in [-0.05, 0) is 24.6 Å². The van der Waals surface area contributed by atoms with Gasteiger partial charge in [-0.15, -0.1) is 11.3 Å². The minimum atomic E-state index is 0.100. The molecule has 1 amide bonds. The first-order valence-electron chi connectivity index (χ1n) is 9.14. The van der Waals surface area contributed by atoms with Gasteiger partial charge in [-0.25, -0.2) is 4.98 Å². The van der Waals surface area contributed by atoms with Gasteiger partial charge in [0.25, 0.3) is 5.91 Å². The maximum absolute atomic E-state index is 13.1. The van der Waals surface area contributed by atoms with Gasteiger partial charge >= 0.3 is 0 Å². The Labute approximate surface area is 163 Å². The first kappa shape index (κ1) is 17.8. The van der Waals surface area contributed by atoms with Crippen LogP contribution in [-0.2, 0) is 6.54 Å². The molecule has 0 radical (unpaired) electrons. The van der Waals surface area contributed by atoms with E-state index in [0.717, 1.165) is 53.9 Å². The number of aryl methyl sites for hydroxylation is 1. The lowest BCUT2D eigenvalue weighted by Gasteiger charge is -2.34. The second-order valence-electron chi connectivity index (χ2n) is 6.70. The summed E-state index contributed by atoms with van der Waals surface area (Å²) < 4.78 is 0. The van der Waals surface area contributed by atoms with E-state index >= 15 is 0 Å². The van der Waals surface area contributed by atoms with Crippen LogP contribution in [0.4, 0.5) is 0 Å². The third-order valence-corrected chi connectivity index (χ3v) is 5.75. The Balaban J connectivity index is 1.44. The maximum Gasteiger partial charge on any atom is 0.266 e. The molecule has 4 rings (SSSR count). The van der Waals surface area contributed by atoms with E-state index < -0.39 is 0 Å². The number of nitrogens with zero attached hydrogens (tertiary/aromatic N) is 4. The molecule has 6 heteroatoms. The fourth-order valence-corrected chi connectivity index (χ4v) is 4.27. The highest BCUT2D eigenvalue weighted by Crippen LogP contribution is 2.29. The lowest BCUT2D eigenvalue weighted by atomic mass is 10.1. The van der Waals surface area contributed by atoms with Crippen LogP contribution in [0.25, 0.3) is 11.3 Å². The van der Waals surface area contributed by atoms with E-state index in [1.54, 1.807) is 0 Å². The number of amides is 1. The summed E-state index contributed by atoms with van der Waals surface area (Å²) in [7, 11) is 0. The average molecular weight is 379 g/mol. The molecular formula is C21H22N4OS. The van der Waals surface area contributed by atoms with Crippen LogP contribution in [0.2, 0.25) is 0 Å². The molecule has 3 aromatic rings. The monoisotopic (exact) mass is 378 g/mol. The van der Waals surface area contributed by atoms with Gasteiger partial charge in [0.15, 0.2) is 0 Å². The molecule has 1 aromatic carbocycles. The van der Waals surface area contributed by atoms with Crippen molar-refractivity contribution in [3.05, 3.63) is 70.3 Å². The van der Waals surface area contributed by atoms with Crippen molar-refractivity contribution in [2.75, 3.05) is 26.2 Å². The van der Waals surface area contributed by atoms with Gasteiger partial charge < -0.3 is 4.90 Å². The topological polar surface area (TPSA) is 49.3 Å².